The number of likely N-dealkylation sites (N-methyl/N-ethyl adjacent to an activating group) is 1. The first-order chi connectivity index (χ1) is 20.0. The van der Waals surface area contributed by atoms with Gasteiger partial charge < -0.3 is 23.8 Å². The summed E-state index contributed by atoms with van der Waals surface area (Å²) in [6, 6.07) is 22.5. The third-order valence-electron chi connectivity index (χ3n) is 7.73. The van der Waals surface area contributed by atoms with Crippen LogP contribution in [0.2, 0.25) is 5.02 Å². The molecule has 0 fully saturated rings. The Morgan fingerprint density at radius 2 is 1.37 bits per heavy atom. The van der Waals surface area contributed by atoms with E-state index in [2.05, 4.69) is 66.3 Å². The Labute approximate surface area is 250 Å². The van der Waals surface area contributed by atoms with Gasteiger partial charge in [-0.1, -0.05) is 51.4 Å². The Hall–Kier alpha value is -3.06. The van der Waals surface area contributed by atoms with E-state index in [1.54, 1.807) is 0 Å². The fourth-order valence-electron chi connectivity index (χ4n) is 5.10. The summed E-state index contributed by atoms with van der Waals surface area (Å²) < 4.78 is 14.6. The van der Waals surface area contributed by atoms with Crippen molar-refractivity contribution < 1.29 is 9.47 Å². The first-order valence-electron chi connectivity index (χ1n) is 15.1. The second-order valence-corrected chi connectivity index (χ2v) is 10.7. The number of nitrogens with zero attached hydrogens (tertiary/aromatic N) is 4. The predicted molar refractivity (Wildman–Crippen MR) is 172 cm³/mol. The number of hydrogen-bond acceptors (Lipinski definition) is 5. The normalized spacial score (nSPS) is 11.6. The summed E-state index contributed by atoms with van der Waals surface area (Å²) in [5.74, 6) is 2.73. The second-order valence-electron chi connectivity index (χ2n) is 10.2. The SMILES string of the molecule is CCN(CC)CCCn1c(-c2ccc(OCCc3ccc(Cl)cc3)cc2)nc2ccc(OCCN(CC)CC)cc21. The van der Waals surface area contributed by atoms with Gasteiger partial charge in [0.1, 0.15) is 23.9 Å². The van der Waals surface area contributed by atoms with Crippen LogP contribution in [0.25, 0.3) is 22.4 Å². The molecule has 0 bridgehead atoms. The van der Waals surface area contributed by atoms with Crippen LogP contribution in [0.3, 0.4) is 0 Å². The molecule has 1 heterocycles. The van der Waals surface area contributed by atoms with Crippen molar-refractivity contribution in [2.24, 2.45) is 0 Å². The lowest BCUT2D eigenvalue weighted by Crippen LogP contribution is -2.27. The van der Waals surface area contributed by atoms with E-state index in [9.17, 15) is 0 Å². The molecule has 41 heavy (non-hydrogen) atoms. The summed E-state index contributed by atoms with van der Waals surface area (Å²) in [7, 11) is 0. The van der Waals surface area contributed by atoms with Crippen LogP contribution in [0.5, 0.6) is 11.5 Å². The Balaban J connectivity index is 1.50. The van der Waals surface area contributed by atoms with E-state index in [1.807, 2.05) is 42.5 Å². The first kappa shape index (κ1) is 30.9. The minimum Gasteiger partial charge on any atom is -0.493 e. The molecule has 4 rings (SSSR count). The zero-order valence-electron chi connectivity index (χ0n) is 25.1. The molecule has 0 radical (unpaired) electrons. The molecule has 0 saturated carbocycles. The molecule has 0 N–H and O–H groups in total. The van der Waals surface area contributed by atoms with Crippen molar-refractivity contribution in [3.8, 4) is 22.9 Å². The fraction of sp³-hybridized carbons (Fsp3) is 0.441. The zero-order chi connectivity index (χ0) is 29.0. The van der Waals surface area contributed by atoms with Gasteiger partial charge in [0.2, 0.25) is 0 Å². The minimum atomic E-state index is 0.613. The number of halogens is 1. The zero-order valence-corrected chi connectivity index (χ0v) is 25.9. The Bertz CT molecular complexity index is 1330. The van der Waals surface area contributed by atoms with Crippen LogP contribution in [0.15, 0.2) is 66.7 Å². The smallest absolute Gasteiger partial charge is 0.141 e. The Morgan fingerprint density at radius 3 is 2.05 bits per heavy atom. The summed E-state index contributed by atoms with van der Waals surface area (Å²) in [6.07, 6.45) is 1.89. The molecule has 0 aliphatic heterocycles. The molecule has 0 saturated heterocycles. The van der Waals surface area contributed by atoms with E-state index < -0.39 is 0 Å². The van der Waals surface area contributed by atoms with E-state index >= 15 is 0 Å². The summed E-state index contributed by atoms with van der Waals surface area (Å²) >= 11 is 6.00. The van der Waals surface area contributed by atoms with Crippen molar-refractivity contribution in [1.82, 2.24) is 19.4 Å². The van der Waals surface area contributed by atoms with Gasteiger partial charge >= 0.3 is 0 Å². The number of rotatable bonds is 17. The molecule has 0 atom stereocenters. The largest absolute Gasteiger partial charge is 0.493 e. The third kappa shape index (κ3) is 8.71. The van der Waals surface area contributed by atoms with Crippen LogP contribution in [-0.2, 0) is 13.0 Å². The lowest BCUT2D eigenvalue weighted by atomic mass is 10.1. The van der Waals surface area contributed by atoms with E-state index in [4.69, 9.17) is 26.1 Å². The highest BCUT2D eigenvalue weighted by molar-refractivity contribution is 6.30. The summed E-state index contributed by atoms with van der Waals surface area (Å²) in [5.41, 5.74) is 4.39. The van der Waals surface area contributed by atoms with Gasteiger partial charge in [0.25, 0.3) is 0 Å². The molecule has 0 aliphatic carbocycles. The molecule has 3 aromatic carbocycles. The van der Waals surface area contributed by atoms with Crippen LogP contribution in [0.1, 0.15) is 39.7 Å². The van der Waals surface area contributed by atoms with Crippen molar-refractivity contribution in [3.05, 3.63) is 77.3 Å². The van der Waals surface area contributed by atoms with Crippen LogP contribution < -0.4 is 9.47 Å². The first-order valence-corrected chi connectivity index (χ1v) is 15.5. The van der Waals surface area contributed by atoms with Crippen molar-refractivity contribution >= 4 is 22.6 Å². The highest BCUT2D eigenvalue weighted by Gasteiger charge is 2.15. The lowest BCUT2D eigenvalue weighted by Gasteiger charge is -2.19. The van der Waals surface area contributed by atoms with Gasteiger partial charge in [0.15, 0.2) is 0 Å². The predicted octanol–water partition coefficient (Wildman–Crippen LogP) is 7.43. The maximum atomic E-state index is 6.17. The average Bonchev–Trinajstić information content (AvgIpc) is 3.36. The maximum Gasteiger partial charge on any atom is 0.141 e. The Kier molecular flexibility index (Phi) is 11.9. The van der Waals surface area contributed by atoms with Crippen LogP contribution in [-0.4, -0.2) is 71.8 Å². The third-order valence-corrected chi connectivity index (χ3v) is 7.98. The molecule has 220 valence electrons. The number of aromatic nitrogens is 2. The van der Waals surface area contributed by atoms with Gasteiger partial charge in [-0.2, -0.15) is 0 Å². The number of imidazole rings is 1. The summed E-state index contributed by atoms with van der Waals surface area (Å²) in [6.45, 7) is 17.2. The molecule has 7 heteroatoms. The molecular weight excluding hydrogens is 532 g/mol. The molecule has 0 aliphatic rings. The molecule has 0 unspecified atom stereocenters. The molecule has 0 amide bonds. The summed E-state index contributed by atoms with van der Waals surface area (Å²) in [4.78, 5) is 9.91. The van der Waals surface area contributed by atoms with Crippen LogP contribution in [0, 0.1) is 0 Å². The van der Waals surface area contributed by atoms with Crippen LogP contribution in [0.4, 0.5) is 0 Å². The quantitative estimate of drug-likeness (QED) is 0.131. The van der Waals surface area contributed by atoms with Gasteiger partial charge in [-0.15, -0.1) is 0 Å². The number of aryl methyl sites for hydroxylation is 1. The fourth-order valence-corrected chi connectivity index (χ4v) is 5.23. The molecule has 0 spiro atoms. The van der Waals surface area contributed by atoms with Gasteiger partial charge in [-0.05, 0) is 93.2 Å². The average molecular weight is 577 g/mol. The van der Waals surface area contributed by atoms with Crippen molar-refractivity contribution in [1.29, 1.82) is 0 Å². The highest BCUT2D eigenvalue weighted by atomic mass is 35.5. The number of hydrogen-bond donors (Lipinski definition) is 0. The minimum absolute atomic E-state index is 0.613. The van der Waals surface area contributed by atoms with E-state index in [-0.39, 0.29) is 0 Å². The molecule has 1 aromatic heterocycles. The number of benzene rings is 3. The second kappa shape index (κ2) is 15.8. The van der Waals surface area contributed by atoms with Crippen molar-refractivity contribution in [2.45, 2.75) is 47.1 Å². The molecular formula is C34H45ClN4O2. The number of fused-ring (bicyclic) bond motifs is 1. The lowest BCUT2D eigenvalue weighted by molar-refractivity contribution is 0.223. The monoisotopic (exact) mass is 576 g/mol. The van der Waals surface area contributed by atoms with E-state index in [0.717, 1.165) is 97.6 Å². The summed E-state index contributed by atoms with van der Waals surface area (Å²) in [5, 5.41) is 0.753. The highest BCUT2D eigenvalue weighted by Crippen LogP contribution is 2.29. The van der Waals surface area contributed by atoms with Gasteiger partial charge in [0.05, 0.1) is 17.6 Å². The topological polar surface area (TPSA) is 42.8 Å². The maximum absolute atomic E-state index is 6.17. The van der Waals surface area contributed by atoms with Crippen molar-refractivity contribution in [3.63, 3.8) is 0 Å². The van der Waals surface area contributed by atoms with Crippen molar-refractivity contribution in [2.75, 3.05) is 52.5 Å². The Morgan fingerprint density at radius 1 is 0.732 bits per heavy atom. The van der Waals surface area contributed by atoms with Gasteiger partial charge in [-0.3, -0.25) is 0 Å². The molecule has 6 nitrogen and oxygen atoms in total. The standard InChI is InChI=1S/C34H45ClN4O2/c1-5-37(6-2)21-9-22-39-33-26-31(41-25-23-38(7-3)8-4)18-19-32(33)36-34(39)28-12-16-30(17-13-28)40-24-20-27-10-14-29(35)15-11-27/h10-19,26H,5-9,20-25H2,1-4H3. The van der Waals surface area contributed by atoms with Gasteiger partial charge in [0, 0.05) is 36.2 Å². The van der Waals surface area contributed by atoms with E-state index in [0.29, 0.717) is 13.2 Å². The molecule has 4 aromatic rings. The van der Waals surface area contributed by atoms with E-state index in [1.165, 1.54) is 5.56 Å². The van der Waals surface area contributed by atoms with Gasteiger partial charge in [-0.25, -0.2) is 4.98 Å². The number of ether oxygens (including phenoxy) is 2. The van der Waals surface area contributed by atoms with Crippen LogP contribution >= 0.6 is 11.6 Å².